The molecule has 1 heterocycles. The molecule has 1 amide bonds. The summed E-state index contributed by atoms with van der Waals surface area (Å²) in [6.07, 6.45) is 1.90. The molecular formula is C28H26N4O3. The largest absolute Gasteiger partial charge is 0.495 e. The number of nitriles is 1. The lowest BCUT2D eigenvalue weighted by molar-refractivity contribution is -0.115. The molecular weight excluding hydrogens is 440 g/mol. The lowest BCUT2D eigenvalue weighted by Gasteiger charge is -2.12. The zero-order valence-corrected chi connectivity index (χ0v) is 19.9. The van der Waals surface area contributed by atoms with Crippen molar-refractivity contribution in [2.75, 3.05) is 26.5 Å². The van der Waals surface area contributed by atoms with E-state index < -0.39 is 0 Å². The van der Waals surface area contributed by atoms with E-state index in [4.69, 9.17) is 9.47 Å². The smallest absolute Gasteiger partial charge is 0.228 e. The second kappa shape index (κ2) is 10.7. The molecule has 7 nitrogen and oxygen atoms in total. The maximum Gasteiger partial charge on any atom is 0.228 e. The van der Waals surface area contributed by atoms with Gasteiger partial charge in [0, 0.05) is 29.9 Å². The van der Waals surface area contributed by atoms with Gasteiger partial charge in [0.15, 0.2) is 0 Å². The molecule has 0 unspecified atom stereocenters. The van der Waals surface area contributed by atoms with Gasteiger partial charge in [0.1, 0.15) is 23.3 Å². The van der Waals surface area contributed by atoms with Gasteiger partial charge in [0.25, 0.3) is 0 Å². The molecule has 176 valence electrons. The number of hydrogen-bond donors (Lipinski definition) is 1. The van der Waals surface area contributed by atoms with E-state index in [1.807, 2.05) is 62.6 Å². The number of pyridine rings is 1. The minimum absolute atomic E-state index is 0.0860. The van der Waals surface area contributed by atoms with Crippen LogP contribution in [0.2, 0.25) is 0 Å². The van der Waals surface area contributed by atoms with Gasteiger partial charge in [-0.3, -0.25) is 9.78 Å². The van der Waals surface area contributed by atoms with E-state index in [1.165, 1.54) is 12.7 Å². The Bertz CT molecular complexity index is 1370. The number of nitrogens with zero attached hydrogens (tertiary/aromatic N) is 3. The fourth-order valence-electron chi connectivity index (χ4n) is 3.75. The first-order valence-corrected chi connectivity index (χ1v) is 11.1. The molecule has 0 saturated heterocycles. The molecule has 0 aliphatic carbocycles. The summed E-state index contributed by atoms with van der Waals surface area (Å²) in [7, 11) is 5.56. The molecule has 0 fully saturated rings. The van der Waals surface area contributed by atoms with Crippen LogP contribution < -0.4 is 14.8 Å². The number of rotatable bonds is 8. The topological polar surface area (TPSA) is 87.5 Å². The van der Waals surface area contributed by atoms with Gasteiger partial charge in [-0.15, -0.1) is 0 Å². The average Bonchev–Trinajstić information content (AvgIpc) is 2.85. The third-order valence-electron chi connectivity index (χ3n) is 5.40. The number of fused-ring (bicyclic) bond motifs is 1. The molecule has 0 atom stereocenters. The number of ether oxygens (including phenoxy) is 2. The van der Waals surface area contributed by atoms with Gasteiger partial charge in [0.05, 0.1) is 24.6 Å². The van der Waals surface area contributed by atoms with Crippen LogP contribution in [0.5, 0.6) is 17.2 Å². The zero-order chi connectivity index (χ0) is 24.8. The van der Waals surface area contributed by atoms with Gasteiger partial charge in [0.2, 0.25) is 5.91 Å². The number of hydrogen-bond acceptors (Lipinski definition) is 6. The molecule has 35 heavy (non-hydrogen) atoms. The van der Waals surface area contributed by atoms with Crippen molar-refractivity contribution in [2.45, 2.75) is 13.0 Å². The number of anilines is 1. The van der Waals surface area contributed by atoms with Gasteiger partial charge < -0.3 is 19.7 Å². The van der Waals surface area contributed by atoms with Crippen LogP contribution in [-0.4, -0.2) is 37.0 Å². The first-order chi connectivity index (χ1) is 16.9. The third kappa shape index (κ3) is 5.94. The molecule has 0 aliphatic heterocycles. The summed E-state index contributed by atoms with van der Waals surface area (Å²) in [4.78, 5) is 18.9. The van der Waals surface area contributed by atoms with Crippen molar-refractivity contribution >= 4 is 22.5 Å². The molecule has 0 aliphatic rings. The number of carbonyl (C=O) groups excluding carboxylic acids is 1. The Morgan fingerprint density at radius 3 is 2.37 bits per heavy atom. The second-order valence-electron chi connectivity index (χ2n) is 8.40. The predicted octanol–water partition coefficient (Wildman–Crippen LogP) is 5.15. The Morgan fingerprint density at radius 2 is 1.71 bits per heavy atom. The van der Waals surface area contributed by atoms with E-state index >= 15 is 0 Å². The quantitative estimate of drug-likeness (QED) is 0.386. The van der Waals surface area contributed by atoms with E-state index in [1.54, 1.807) is 24.4 Å². The molecule has 4 aromatic rings. The fraction of sp³-hybridized carbons (Fsp3) is 0.179. The number of methoxy groups -OCH3 is 1. The Hall–Kier alpha value is -4.41. The molecule has 7 heteroatoms. The molecule has 0 saturated carbocycles. The summed E-state index contributed by atoms with van der Waals surface area (Å²) in [6, 6.07) is 22.5. The van der Waals surface area contributed by atoms with Crippen molar-refractivity contribution in [3.8, 4) is 23.3 Å². The van der Waals surface area contributed by atoms with Crippen LogP contribution in [0.1, 0.15) is 16.7 Å². The normalized spacial score (nSPS) is 10.7. The maximum absolute atomic E-state index is 12.5. The molecule has 1 N–H and O–H groups in total. The number of carbonyl (C=O) groups is 1. The first-order valence-electron chi connectivity index (χ1n) is 11.1. The third-order valence-corrected chi connectivity index (χ3v) is 5.40. The Balaban J connectivity index is 1.42. The van der Waals surface area contributed by atoms with Gasteiger partial charge in [-0.1, -0.05) is 24.3 Å². The molecule has 0 bridgehead atoms. The molecule has 1 aromatic heterocycles. The Morgan fingerprint density at radius 1 is 1.00 bits per heavy atom. The van der Waals surface area contributed by atoms with Crippen LogP contribution in [-0.2, 0) is 17.8 Å². The lowest BCUT2D eigenvalue weighted by Crippen LogP contribution is -2.14. The van der Waals surface area contributed by atoms with E-state index in [2.05, 4.69) is 21.3 Å². The standard InChI is InChI=1S/C28H26N4O3/c1-32(2)18-20-4-8-22(9-5-20)31-28(33)14-19-6-10-23(11-7-19)35-26-12-13-30-25-16-27(34-3)21(17-29)15-24(25)26/h4-13,15-16H,14,18H2,1-3H3,(H,31,33). The van der Waals surface area contributed by atoms with Gasteiger partial charge >= 0.3 is 0 Å². The van der Waals surface area contributed by atoms with E-state index in [-0.39, 0.29) is 12.3 Å². The summed E-state index contributed by atoms with van der Waals surface area (Å²) in [5, 5.41) is 13.1. The molecule has 4 rings (SSSR count). The molecule has 0 radical (unpaired) electrons. The van der Waals surface area contributed by atoms with Crippen molar-refractivity contribution < 1.29 is 14.3 Å². The fourth-order valence-corrected chi connectivity index (χ4v) is 3.75. The van der Waals surface area contributed by atoms with E-state index in [9.17, 15) is 10.1 Å². The van der Waals surface area contributed by atoms with Gasteiger partial charge in [-0.05, 0) is 61.6 Å². The number of aromatic nitrogens is 1. The summed E-state index contributed by atoms with van der Waals surface area (Å²) in [5.74, 6) is 1.58. The lowest BCUT2D eigenvalue weighted by atomic mass is 10.1. The van der Waals surface area contributed by atoms with E-state index in [0.29, 0.717) is 33.7 Å². The summed E-state index contributed by atoms with van der Waals surface area (Å²) in [5.41, 5.74) is 3.91. The second-order valence-corrected chi connectivity index (χ2v) is 8.40. The Labute approximate surface area is 204 Å². The van der Waals surface area contributed by atoms with Crippen molar-refractivity contribution in [3.05, 3.63) is 89.6 Å². The number of benzene rings is 3. The van der Waals surface area contributed by atoms with Crippen molar-refractivity contribution in [3.63, 3.8) is 0 Å². The minimum atomic E-state index is -0.0860. The Kier molecular flexibility index (Phi) is 7.24. The first kappa shape index (κ1) is 23.7. The van der Waals surface area contributed by atoms with Crippen LogP contribution in [0.15, 0.2) is 72.9 Å². The zero-order valence-electron chi connectivity index (χ0n) is 19.9. The summed E-state index contributed by atoms with van der Waals surface area (Å²) >= 11 is 0. The van der Waals surface area contributed by atoms with Crippen LogP contribution in [0, 0.1) is 11.3 Å². The van der Waals surface area contributed by atoms with Crippen molar-refractivity contribution in [2.24, 2.45) is 0 Å². The van der Waals surface area contributed by atoms with Crippen LogP contribution >= 0.6 is 0 Å². The van der Waals surface area contributed by atoms with Gasteiger partial charge in [-0.25, -0.2) is 0 Å². The van der Waals surface area contributed by atoms with E-state index in [0.717, 1.165) is 17.8 Å². The van der Waals surface area contributed by atoms with Crippen LogP contribution in [0.4, 0.5) is 5.69 Å². The maximum atomic E-state index is 12.5. The summed E-state index contributed by atoms with van der Waals surface area (Å²) < 4.78 is 11.3. The number of nitrogens with one attached hydrogen (secondary N) is 1. The highest BCUT2D eigenvalue weighted by atomic mass is 16.5. The van der Waals surface area contributed by atoms with Crippen molar-refractivity contribution in [1.82, 2.24) is 9.88 Å². The predicted molar refractivity (Wildman–Crippen MR) is 136 cm³/mol. The van der Waals surface area contributed by atoms with Gasteiger partial charge in [-0.2, -0.15) is 5.26 Å². The molecule has 0 spiro atoms. The van der Waals surface area contributed by atoms with Crippen molar-refractivity contribution in [1.29, 1.82) is 5.26 Å². The highest BCUT2D eigenvalue weighted by molar-refractivity contribution is 5.92. The SMILES string of the molecule is COc1cc2nccc(Oc3ccc(CC(=O)Nc4ccc(CN(C)C)cc4)cc3)c2cc1C#N. The molecule has 3 aromatic carbocycles. The van der Waals surface area contributed by atoms with Crippen LogP contribution in [0.25, 0.3) is 10.9 Å². The average molecular weight is 467 g/mol. The highest BCUT2D eigenvalue weighted by Gasteiger charge is 2.11. The number of amides is 1. The minimum Gasteiger partial charge on any atom is -0.495 e. The summed E-state index contributed by atoms with van der Waals surface area (Å²) in [6.45, 7) is 0.853. The van der Waals surface area contributed by atoms with Crippen LogP contribution in [0.3, 0.4) is 0 Å². The highest BCUT2D eigenvalue weighted by Crippen LogP contribution is 2.33. The monoisotopic (exact) mass is 466 g/mol.